The van der Waals surface area contributed by atoms with Crippen LogP contribution in [0.25, 0.3) is 0 Å². The van der Waals surface area contributed by atoms with Gasteiger partial charge in [0.2, 0.25) is 0 Å². The Kier molecular flexibility index (Phi) is 1.44. The van der Waals surface area contributed by atoms with E-state index < -0.39 is 0 Å². The van der Waals surface area contributed by atoms with Crippen molar-refractivity contribution in [2.24, 2.45) is 0 Å². The van der Waals surface area contributed by atoms with Gasteiger partial charge in [0.1, 0.15) is 0 Å². The number of rotatable bonds is 0. The van der Waals surface area contributed by atoms with E-state index in [1.807, 2.05) is 0 Å². The fraction of sp³-hybridized carbons (Fsp3) is 1.00. The predicted octanol–water partition coefficient (Wildman–Crippen LogP) is 0.527. The molecule has 2 aliphatic rings. The third-order valence-electron chi connectivity index (χ3n) is 2.27. The maximum atomic E-state index is 5.53. The van der Waals surface area contributed by atoms with E-state index >= 15 is 0 Å². The van der Waals surface area contributed by atoms with E-state index in [4.69, 9.17) is 4.74 Å². The molecule has 1 aliphatic heterocycles. The Bertz CT molecular complexity index is 93.1. The third-order valence-corrected chi connectivity index (χ3v) is 2.27. The van der Waals surface area contributed by atoms with Gasteiger partial charge in [-0.05, 0) is 19.3 Å². The highest BCUT2D eigenvalue weighted by molar-refractivity contribution is 4.83. The molecular formula is C7H13NO. The van der Waals surface area contributed by atoms with Gasteiger partial charge in [0, 0.05) is 12.6 Å². The zero-order chi connectivity index (χ0) is 6.10. The molecule has 0 spiro atoms. The Morgan fingerprint density at radius 2 is 2.33 bits per heavy atom. The van der Waals surface area contributed by atoms with Gasteiger partial charge in [0.15, 0.2) is 0 Å². The summed E-state index contributed by atoms with van der Waals surface area (Å²) in [6.45, 7) is 1.97. The first-order valence-corrected chi connectivity index (χ1v) is 3.80. The van der Waals surface area contributed by atoms with Crippen LogP contribution >= 0.6 is 0 Å². The summed E-state index contributed by atoms with van der Waals surface area (Å²) in [5, 5.41) is 3.45. The standard InChI is InChI=1S/C7H13NO/c1-2-7-5-6(1)8-3-4-9-7/h6-8H,1-5H2/t6-,7+/m0/s1. The van der Waals surface area contributed by atoms with Gasteiger partial charge in [0.25, 0.3) is 0 Å². The molecule has 2 heteroatoms. The van der Waals surface area contributed by atoms with Crippen molar-refractivity contribution in [1.29, 1.82) is 0 Å². The molecule has 2 atom stereocenters. The second-order valence-corrected chi connectivity index (χ2v) is 2.96. The van der Waals surface area contributed by atoms with Crippen LogP contribution in [0.4, 0.5) is 0 Å². The van der Waals surface area contributed by atoms with Gasteiger partial charge < -0.3 is 10.1 Å². The van der Waals surface area contributed by atoms with Crippen LogP contribution in [0.2, 0.25) is 0 Å². The lowest BCUT2D eigenvalue weighted by atomic mass is 10.2. The van der Waals surface area contributed by atoms with Crippen LogP contribution in [0.15, 0.2) is 0 Å². The lowest BCUT2D eigenvalue weighted by Crippen LogP contribution is -2.27. The monoisotopic (exact) mass is 127 g/mol. The van der Waals surface area contributed by atoms with E-state index in [2.05, 4.69) is 5.32 Å². The molecule has 0 aromatic carbocycles. The molecule has 2 bridgehead atoms. The molecule has 2 fully saturated rings. The number of ether oxygens (including phenoxy) is 1. The molecule has 0 aromatic rings. The second-order valence-electron chi connectivity index (χ2n) is 2.96. The molecule has 1 aliphatic carbocycles. The van der Waals surface area contributed by atoms with Crippen molar-refractivity contribution in [3.8, 4) is 0 Å². The van der Waals surface area contributed by atoms with Gasteiger partial charge >= 0.3 is 0 Å². The van der Waals surface area contributed by atoms with Crippen molar-refractivity contribution in [2.45, 2.75) is 31.4 Å². The van der Waals surface area contributed by atoms with Crippen molar-refractivity contribution in [2.75, 3.05) is 13.2 Å². The molecule has 1 N–H and O–H groups in total. The smallest absolute Gasteiger partial charge is 0.0594 e. The van der Waals surface area contributed by atoms with E-state index in [-0.39, 0.29) is 0 Å². The maximum absolute atomic E-state index is 5.53. The Morgan fingerprint density at radius 3 is 3.33 bits per heavy atom. The zero-order valence-electron chi connectivity index (χ0n) is 5.60. The third kappa shape index (κ3) is 1.10. The first-order chi connectivity index (χ1) is 4.45. The number of hydrogen-bond donors (Lipinski definition) is 1. The van der Waals surface area contributed by atoms with E-state index in [0.29, 0.717) is 6.10 Å². The summed E-state index contributed by atoms with van der Waals surface area (Å²) in [5.74, 6) is 0. The van der Waals surface area contributed by atoms with E-state index in [1.54, 1.807) is 0 Å². The highest BCUT2D eigenvalue weighted by atomic mass is 16.5. The minimum atomic E-state index is 0.588. The highest BCUT2D eigenvalue weighted by Gasteiger charge is 2.26. The topological polar surface area (TPSA) is 21.3 Å². The van der Waals surface area contributed by atoms with Gasteiger partial charge in [-0.3, -0.25) is 0 Å². The molecule has 0 unspecified atom stereocenters. The molecule has 1 saturated carbocycles. The molecule has 0 amide bonds. The van der Waals surface area contributed by atoms with Gasteiger partial charge in [-0.1, -0.05) is 0 Å². The molecule has 9 heavy (non-hydrogen) atoms. The summed E-state index contributed by atoms with van der Waals surface area (Å²) in [6, 6.07) is 0.775. The Morgan fingerprint density at radius 1 is 1.33 bits per heavy atom. The molecule has 52 valence electrons. The molecule has 0 aromatic heterocycles. The van der Waals surface area contributed by atoms with Gasteiger partial charge in [-0.2, -0.15) is 0 Å². The second kappa shape index (κ2) is 2.27. The SMILES string of the molecule is C1CO[C@@H]2CC[C@@H](C2)N1. The van der Waals surface area contributed by atoms with Crippen molar-refractivity contribution < 1.29 is 4.74 Å². The van der Waals surface area contributed by atoms with Crippen LogP contribution < -0.4 is 5.32 Å². The Labute approximate surface area is 55.6 Å². The van der Waals surface area contributed by atoms with Crippen molar-refractivity contribution in [1.82, 2.24) is 5.32 Å². The largest absolute Gasteiger partial charge is 0.377 e. The molecule has 2 rings (SSSR count). The van der Waals surface area contributed by atoms with Crippen LogP contribution in [-0.4, -0.2) is 25.3 Å². The van der Waals surface area contributed by atoms with Crippen molar-refractivity contribution in [3.05, 3.63) is 0 Å². The minimum absolute atomic E-state index is 0.588. The highest BCUT2D eigenvalue weighted by Crippen LogP contribution is 2.23. The minimum Gasteiger partial charge on any atom is -0.377 e. The van der Waals surface area contributed by atoms with Crippen LogP contribution in [0.1, 0.15) is 19.3 Å². The maximum Gasteiger partial charge on any atom is 0.0594 e. The first-order valence-electron chi connectivity index (χ1n) is 3.80. The molecule has 1 saturated heterocycles. The van der Waals surface area contributed by atoms with Gasteiger partial charge in [0.05, 0.1) is 12.7 Å². The summed E-state index contributed by atoms with van der Waals surface area (Å²) in [4.78, 5) is 0. The van der Waals surface area contributed by atoms with Crippen molar-refractivity contribution in [3.63, 3.8) is 0 Å². The molecule has 0 radical (unpaired) electrons. The van der Waals surface area contributed by atoms with E-state index in [0.717, 1.165) is 19.2 Å². The Balaban J connectivity index is 1.99. The normalized spacial score (nSPS) is 42.7. The quantitative estimate of drug-likeness (QED) is 0.512. The number of nitrogens with one attached hydrogen (secondary N) is 1. The van der Waals surface area contributed by atoms with E-state index in [9.17, 15) is 0 Å². The molecule has 2 nitrogen and oxygen atoms in total. The van der Waals surface area contributed by atoms with Crippen LogP contribution in [0, 0.1) is 0 Å². The molecule has 1 heterocycles. The Hall–Kier alpha value is -0.0800. The summed E-state index contributed by atoms with van der Waals surface area (Å²) in [5.41, 5.74) is 0. The zero-order valence-corrected chi connectivity index (χ0v) is 5.60. The average Bonchev–Trinajstić information content (AvgIpc) is 2.09. The summed E-state index contributed by atoms with van der Waals surface area (Å²) < 4.78 is 5.53. The summed E-state index contributed by atoms with van der Waals surface area (Å²) in [6.07, 6.45) is 4.44. The van der Waals surface area contributed by atoms with Crippen LogP contribution in [0.5, 0.6) is 0 Å². The van der Waals surface area contributed by atoms with Gasteiger partial charge in [-0.15, -0.1) is 0 Å². The average molecular weight is 127 g/mol. The summed E-state index contributed by atoms with van der Waals surface area (Å²) in [7, 11) is 0. The predicted molar refractivity (Wildman–Crippen MR) is 35.4 cm³/mol. The fourth-order valence-corrected chi connectivity index (χ4v) is 1.77. The van der Waals surface area contributed by atoms with Crippen molar-refractivity contribution >= 4 is 0 Å². The lowest BCUT2D eigenvalue weighted by molar-refractivity contribution is 0.0688. The fourth-order valence-electron chi connectivity index (χ4n) is 1.77. The summed E-state index contributed by atoms with van der Waals surface area (Å²) >= 11 is 0. The number of fused-ring (bicyclic) bond motifs is 2. The first kappa shape index (κ1) is 5.69. The van der Waals surface area contributed by atoms with E-state index in [1.165, 1.54) is 19.3 Å². The van der Waals surface area contributed by atoms with Crippen LogP contribution in [-0.2, 0) is 4.74 Å². The van der Waals surface area contributed by atoms with Crippen LogP contribution in [0.3, 0.4) is 0 Å². The number of hydrogen-bond acceptors (Lipinski definition) is 2. The molecular weight excluding hydrogens is 114 g/mol. The lowest BCUT2D eigenvalue weighted by Gasteiger charge is -2.09. The van der Waals surface area contributed by atoms with Gasteiger partial charge in [-0.25, -0.2) is 0 Å².